The zero-order chi connectivity index (χ0) is 20.1. The van der Waals surface area contributed by atoms with E-state index >= 15 is 0 Å². The van der Waals surface area contributed by atoms with Crippen LogP contribution in [0.3, 0.4) is 0 Å². The second-order valence-corrected chi connectivity index (χ2v) is 7.87. The Hall–Kier alpha value is -2.12. The predicted octanol–water partition coefficient (Wildman–Crippen LogP) is 1.28. The van der Waals surface area contributed by atoms with Gasteiger partial charge in [-0.15, -0.1) is 0 Å². The van der Waals surface area contributed by atoms with E-state index in [0.717, 1.165) is 5.56 Å². The van der Waals surface area contributed by atoms with Crippen LogP contribution in [0.15, 0.2) is 24.3 Å². The van der Waals surface area contributed by atoms with E-state index < -0.39 is 5.60 Å². The van der Waals surface area contributed by atoms with E-state index in [2.05, 4.69) is 5.32 Å². The first-order valence-electron chi connectivity index (χ1n) is 9.68. The van der Waals surface area contributed by atoms with Gasteiger partial charge in [-0.05, 0) is 37.0 Å². The molecule has 7 nitrogen and oxygen atoms in total. The number of piperidine rings is 1. The molecule has 0 bridgehead atoms. The summed E-state index contributed by atoms with van der Waals surface area (Å²) in [5.41, 5.74) is -0.119. The highest BCUT2D eigenvalue weighted by Gasteiger charge is 2.35. The minimum Gasteiger partial charge on any atom is -0.385 e. The van der Waals surface area contributed by atoms with Crippen molar-refractivity contribution in [3.05, 3.63) is 34.9 Å². The molecule has 0 aromatic heterocycles. The number of carbonyl (C=O) groups excluding carboxylic acids is 3. The lowest BCUT2D eigenvalue weighted by Crippen LogP contribution is -2.50. The number of nitrogens with one attached hydrogen (secondary N) is 1. The van der Waals surface area contributed by atoms with E-state index in [-0.39, 0.29) is 30.7 Å². The van der Waals surface area contributed by atoms with Crippen molar-refractivity contribution in [2.24, 2.45) is 0 Å². The quantitative estimate of drug-likeness (QED) is 0.769. The highest BCUT2D eigenvalue weighted by Crippen LogP contribution is 2.33. The predicted molar refractivity (Wildman–Crippen MR) is 105 cm³/mol. The Balaban J connectivity index is 1.42. The maximum absolute atomic E-state index is 12.4. The molecule has 2 heterocycles. The van der Waals surface area contributed by atoms with E-state index in [9.17, 15) is 19.5 Å². The van der Waals surface area contributed by atoms with Gasteiger partial charge in [-0.25, -0.2) is 0 Å². The Bertz CT molecular complexity index is 729. The fourth-order valence-electron chi connectivity index (χ4n) is 3.73. The number of hydrogen-bond donors (Lipinski definition) is 2. The van der Waals surface area contributed by atoms with Crippen LogP contribution in [0, 0.1) is 0 Å². The summed E-state index contributed by atoms with van der Waals surface area (Å²) in [7, 11) is 0. The summed E-state index contributed by atoms with van der Waals surface area (Å²) in [4.78, 5) is 39.2. The van der Waals surface area contributed by atoms with Crippen molar-refractivity contribution in [3.8, 4) is 0 Å². The molecule has 1 aromatic rings. The molecule has 8 heteroatoms. The maximum atomic E-state index is 12.4. The van der Waals surface area contributed by atoms with E-state index in [4.69, 9.17) is 11.6 Å². The number of likely N-dealkylation sites (tertiary alicyclic amines) is 1. The molecule has 152 valence electrons. The molecule has 0 unspecified atom stereocenters. The third-order valence-electron chi connectivity index (χ3n) is 5.50. The molecule has 3 rings (SSSR count). The lowest BCUT2D eigenvalue weighted by molar-refractivity contribution is -0.139. The lowest BCUT2D eigenvalue weighted by Gasteiger charge is -2.38. The summed E-state index contributed by atoms with van der Waals surface area (Å²) >= 11 is 5.91. The van der Waals surface area contributed by atoms with E-state index in [1.54, 1.807) is 17.0 Å². The molecular formula is C20H26ClN3O4. The number of amides is 3. The summed E-state index contributed by atoms with van der Waals surface area (Å²) < 4.78 is 0. The first-order chi connectivity index (χ1) is 13.4. The number of piperazine rings is 1. The van der Waals surface area contributed by atoms with Crippen LogP contribution in [-0.4, -0.2) is 65.4 Å². The molecule has 0 spiro atoms. The van der Waals surface area contributed by atoms with Gasteiger partial charge in [0.2, 0.25) is 17.7 Å². The van der Waals surface area contributed by atoms with Crippen molar-refractivity contribution in [2.45, 2.75) is 37.7 Å². The van der Waals surface area contributed by atoms with Gasteiger partial charge in [0.05, 0.1) is 12.1 Å². The smallest absolute Gasteiger partial charge is 0.239 e. The third-order valence-corrected chi connectivity index (χ3v) is 5.75. The zero-order valence-electron chi connectivity index (χ0n) is 15.8. The molecule has 2 aliphatic rings. The second kappa shape index (κ2) is 8.92. The molecule has 1 aromatic carbocycles. The lowest BCUT2D eigenvalue weighted by atomic mass is 9.84. The topological polar surface area (TPSA) is 90.0 Å². The Morgan fingerprint density at radius 1 is 1.04 bits per heavy atom. The van der Waals surface area contributed by atoms with Gasteiger partial charge in [-0.1, -0.05) is 23.7 Å². The van der Waals surface area contributed by atoms with Crippen molar-refractivity contribution in [1.82, 2.24) is 15.1 Å². The highest BCUT2D eigenvalue weighted by atomic mass is 35.5. The largest absolute Gasteiger partial charge is 0.385 e. The average Bonchev–Trinajstić information content (AvgIpc) is 2.68. The summed E-state index contributed by atoms with van der Waals surface area (Å²) in [6.07, 6.45) is 1.98. The first-order valence-corrected chi connectivity index (χ1v) is 10.1. The molecule has 0 saturated carbocycles. The van der Waals surface area contributed by atoms with Gasteiger partial charge in [0.1, 0.15) is 0 Å². The van der Waals surface area contributed by atoms with Gasteiger partial charge in [-0.3, -0.25) is 14.4 Å². The molecule has 2 saturated heterocycles. The van der Waals surface area contributed by atoms with Gasteiger partial charge in [0.25, 0.3) is 0 Å². The molecular weight excluding hydrogens is 382 g/mol. The van der Waals surface area contributed by atoms with Crippen LogP contribution in [0.25, 0.3) is 0 Å². The third kappa shape index (κ3) is 5.02. The first kappa shape index (κ1) is 20.6. The summed E-state index contributed by atoms with van der Waals surface area (Å²) in [6, 6.07) is 7.17. The van der Waals surface area contributed by atoms with Gasteiger partial charge in [0, 0.05) is 44.0 Å². The fraction of sp³-hybridized carbons (Fsp3) is 0.550. The molecule has 28 heavy (non-hydrogen) atoms. The van der Waals surface area contributed by atoms with E-state index in [1.807, 2.05) is 12.1 Å². The van der Waals surface area contributed by atoms with Crippen LogP contribution in [0.2, 0.25) is 5.02 Å². The number of carbonyl (C=O) groups is 3. The zero-order valence-corrected chi connectivity index (χ0v) is 16.6. The Morgan fingerprint density at radius 2 is 1.64 bits per heavy atom. The van der Waals surface area contributed by atoms with Crippen LogP contribution in [0.5, 0.6) is 0 Å². The van der Waals surface area contributed by atoms with Crippen molar-refractivity contribution in [1.29, 1.82) is 0 Å². The Labute approximate surface area is 169 Å². The molecule has 0 radical (unpaired) electrons. The van der Waals surface area contributed by atoms with Crippen LogP contribution >= 0.6 is 11.6 Å². The minimum atomic E-state index is -0.938. The number of hydrogen-bond acceptors (Lipinski definition) is 4. The average molecular weight is 408 g/mol. The maximum Gasteiger partial charge on any atom is 0.239 e. The number of nitrogens with zero attached hydrogens (tertiary/aromatic N) is 2. The van der Waals surface area contributed by atoms with Crippen LogP contribution < -0.4 is 5.32 Å². The van der Waals surface area contributed by atoms with Gasteiger partial charge < -0.3 is 20.2 Å². The summed E-state index contributed by atoms with van der Waals surface area (Å²) in [5.74, 6) is -0.224. The molecule has 2 aliphatic heterocycles. The van der Waals surface area contributed by atoms with Crippen molar-refractivity contribution < 1.29 is 19.5 Å². The molecule has 3 amide bonds. The highest BCUT2D eigenvalue weighted by molar-refractivity contribution is 6.30. The van der Waals surface area contributed by atoms with Gasteiger partial charge in [-0.2, -0.15) is 0 Å². The monoisotopic (exact) mass is 407 g/mol. The van der Waals surface area contributed by atoms with Crippen molar-refractivity contribution >= 4 is 29.3 Å². The fourth-order valence-corrected chi connectivity index (χ4v) is 3.86. The number of aliphatic hydroxyl groups is 1. The normalized spacial score (nSPS) is 19.3. The van der Waals surface area contributed by atoms with E-state index in [0.29, 0.717) is 56.9 Å². The molecule has 0 aliphatic carbocycles. The number of rotatable bonds is 5. The van der Waals surface area contributed by atoms with E-state index in [1.165, 1.54) is 4.90 Å². The van der Waals surface area contributed by atoms with Crippen LogP contribution in [-0.2, 0) is 20.0 Å². The van der Waals surface area contributed by atoms with Crippen LogP contribution in [0.4, 0.5) is 0 Å². The molecule has 0 atom stereocenters. The minimum absolute atomic E-state index is 0.00217. The van der Waals surface area contributed by atoms with Gasteiger partial charge >= 0.3 is 0 Å². The Kier molecular flexibility index (Phi) is 6.57. The standard InChI is InChI=1S/C20H26ClN3O4/c21-16-6-4-15(5-7-16)20(28)8-11-23(12-9-20)18(26)2-1-3-19(27)24-13-10-22-17(25)14-24/h4-7,28H,1-3,8-14H2,(H,22,25). The Morgan fingerprint density at radius 3 is 2.25 bits per heavy atom. The molecule has 2 fully saturated rings. The van der Waals surface area contributed by atoms with Crippen LogP contribution in [0.1, 0.15) is 37.7 Å². The second-order valence-electron chi connectivity index (χ2n) is 7.44. The number of benzene rings is 1. The van der Waals surface area contributed by atoms with Gasteiger partial charge in [0.15, 0.2) is 0 Å². The summed E-state index contributed by atoms with van der Waals surface area (Å²) in [5, 5.41) is 14.2. The number of halogens is 1. The summed E-state index contributed by atoms with van der Waals surface area (Å²) in [6.45, 7) is 2.07. The van der Waals surface area contributed by atoms with Crippen molar-refractivity contribution in [3.63, 3.8) is 0 Å². The van der Waals surface area contributed by atoms with Crippen molar-refractivity contribution in [2.75, 3.05) is 32.7 Å². The SMILES string of the molecule is O=C1CN(C(=O)CCCC(=O)N2CCC(O)(c3ccc(Cl)cc3)CC2)CCN1. The molecule has 2 N–H and O–H groups in total.